The molecule has 1 spiro atoms. The highest BCUT2D eigenvalue weighted by molar-refractivity contribution is 5.79. The zero-order valence-corrected chi connectivity index (χ0v) is 21.4. The number of amides is 1. The topological polar surface area (TPSA) is 114 Å². The van der Waals surface area contributed by atoms with E-state index in [4.69, 9.17) is 4.74 Å². The summed E-state index contributed by atoms with van der Waals surface area (Å²) in [6.45, 7) is 4.00. The number of alkyl halides is 3. The number of piperidine rings is 1. The van der Waals surface area contributed by atoms with E-state index in [2.05, 4.69) is 15.0 Å². The van der Waals surface area contributed by atoms with Gasteiger partial charge in [-0.1, -0.05) is 19.8 Å². The van der Waals surface area contributed by atoms with Crippen LogP contribution in [0.2, 0.25) is 0 Å². The number of carbonyl (C=O) groups excluding carboxylic acids is 1. The van der Waals surface area contributed by atoms with E-state index in [0.717, 1.165) is 12.8 Å². The number of hydrogen-bond acceptors (Lipinski definition) is 8. The zero-order chi connectivity index (χ0) is 27.1. The fraction of sp³-hybridized carbons (Fsp3) is 0.720. The summed E-state index contributed by atoms with van der Waals surface area (Å²) in [4.78, 5) is 42.9. The highest BCUT2D eigenvalue weighted by atomic mass is 19.4. The van der Waals surface area contributed by atoms with E-state index in [1.54, 1.807) is 0 Å². The van der Waals surface area contributed by atoms with Gasteiger partial charge in [-0.05, 0) is 19.3 Å². The Kier molecular flexibility index (Phi) is 7.10. The number of anilines is 1. The maximum Gasteiger partial charge on any atom is 0.389 e. The number of likely N-dealkylation sites (tertiary alicyclic amines) is 1. The molecule has 1 saturated carbocycles. The van der Waals surface area contributed by atoms with Crippen molar-refractivity contribution in [3.8, 4) is 0 Å². The predicted molar refractivity (Wildman–Crippen MR) is 132 cm³/mol. The summed E-state index contributed by atoms with van der Waals surface area (Å²) in [5.41, 5.74) is -2.13. The van der Waals surface area contributed by atoms with Gasteiger partial charge in [0.2, 0.25) is 11.9 Å². The summed E-state index contributed by atoms with van der Waals surface area (Å²) < 4.78 is 45.4. The summed E-state index contributed by atoms with van der Waals surface area (Å²) in [5.74, 6) is -1.26. The summed E-state index contributed by atoms with van der Waals surface area (Å²) in [7, 11) is 0. The van der Waals surface area contributed by atoms with Crippen LogP contribution >= 0.6 is 0 Å². The lowest BCUT2D eigenvalue weighted by Gasteiger charge is -2.52. The van der Waals surface area contributed by atoms with Crippen molar-refractivity contribution >= 4 is 22.9 Å². The first-order valence-corrected chi connectivity index (χ1v) is 13.1. The minimum absolute atomic E-state index is 0.0277. The first kappa shape index (κ1) is 26.8. The van der Waals surface area contributed by atoms with Crippen molar-refractivity contribution in [2.75, 3.05) is 44.3 Å². The second-order valence-corrected chi connectivity index (χ2v) is 10.9. The molecule has 3 aliphatic rings. The van der Waals surface area contributed by atoms with Crippen molar-refractivity contribution in [1.29, 1.82) is 0 Å². The molecular weight excluding hydrogens is 505 g/mol. The Balaban J connectivity index is 1.37. The Morgan fingerprint density at radius 1 is 1.16 bits per heavy atom. The first-order valence-electron chi connectivity index (χ1n) is 13.1. The molecule has 3 fully saturated rings. The Morgan fingerprint density at radius 3 is 2.55 bits per heavy atom. The van der Waals surface area contributed by atoms with Gasteiger partial charge in [-0.3, -0.25) is 14.2 Å². The number of carbonyl (C=O) groups is 1. The van der Waals surface area contributed by atoms with Crippen LogP contribution in [0.4, 0.5) is 19.1 Å². The summed E-state index contributed by atoms with van der Waals surface area (Å²) >= 11 is 0. The second-order valence-electron chi connectivity index (χ2n) is 10.9. The summed E-state index contributed by atoms with van der Waals surface area (Å²) in [6, 6.07) is 0. The lowest BCUT2D eigenvalue weighted by atomic mass is 9.65. The van der Waals surface area contributed by atoms with E-state index < -0.39 is 35.4 Å². The van der Waals surface area contributed by atoms with Crippen LogP contribution in [0.5, 0.6) is 0 Å². The Bertz CT molecular complexity index is 1240. The van der Waals surface area contributed by atoms with Gasteiger partial charge in [-0.2, -0.15) is 18.2 Å². The monoisotopic (exact) mass is 538 g/mol. The van der Waals surface area contributed by atoms with Crippen molar-refractivity contribution in [3.63, 3.8) is 0 Å². The summed E-state index contributed by atoms with van der Waals surface area (Å²) in [6.07, 6.45) is 0.333. The third-order valence-electron chi connectivity index (χ3n) is 8.40. The first-order chi connectivity index (χ1) is 18.0. The number of halogens is 3. The van der Waals surface area contributed by atoms with Gasteiger partial charge < -0.3 is 19.6 Å². The molecule has 2 aromatic rings. The average molecular weight is 539 g/mol. The fourth-order valence-electron chi connectivity index (χ4n) is 6.29. The maximum atomic E-state index is 13.4. The van der Waals surface area contributed by atoms with E-state index in [0.29, 0.717) is 45.1 Å². The minimum atomic E-state index is -4.42. The van der Waals surface area contributed by atoms with Crippen LogP contribution in [-0.4, -0.2) is 86.6 Å². The van der Waals surface area contributed by atoms with E-state index in [1.165, 1.54) is 28.9 Å². The Hall–Kier alpha value is -2.80. The molecule has 2 unspecified atom stereocenters. The van der Waals surface area contributed by atoms with E-state index in [9.17, 15) is 27.9 Å². The number of hydrogen-bond donors (Lipinski definition) is 1. The zero-order valence-electron chi connectivity index (χ0n) is 21.4. The van der Waals surface area contributed by atoms with Gasteiger partial charge in [0.15, 0.2) is 5.65 Å². The van der Waals surface area contributed by atoms with Gasteiger partial charge in [0.1, 0.15) is 11.7 Å². The number of aliphatic hydroxyl groups is 1. The number of nitrogens with zero attached hydrogens (tertiary/aromatic N) is 6. The van der Waals surface area contributed by atoms with Crippen LogP contribution in [-0.2, 0) is 16.1 Å². The van der Waals surface area contributed by atoms with E-state index >= 15 is 0 Å². The molecule has 38 heavy (non-hydrogen) atoms. The van der Waals surface area contributed by atoms with Gasteiger partial charge in [0, 0.05) is 43.7 Å². The van der Waals surface area contributed by atoms with Crippen molar-refractivity contribution in [2.45, 2.75) is 63.8 Å². The smallest absolute Gasteiger partial charge is 0.387 e. The van der Waals surface area contributed by atoms with Crippen LogP contribution in [0.3, 0.4) is 0 Å². The van der Waals surface area contributed by atoms with Crippen LogP contribution in [0.15, 0.2) is 17.3 Å². The standard InChI is InChI=1S/C25H33F3N6O4/c1-17(12-25(26,27)28)20(35)33-7-6-24(37,23(14-33)4-2-3-5-23)15-34-16-30-19-18(21(34)36)13-29-22(31-19)32-8-10-38-11-9-32/h13,16-17,37H,2-12,14-15H2,1H3. The second kappa shape index (κ2) is 10.1. The predicted octanol–water partition coefficient (Wildman–Crippen LogP) is 2.14. The largest absolute Gasteiger partial charge is 0.389 e. The molecule has 1 N–H and O–H groups in total. The SMILES string of the molecule is CC(CC(F)(F)F)C(=O)N1CCC(O)(Cn2cnc3nc(N4CCOCC4)ncc3c2=O)C2(CCCC2)C1. The molecule has 2 aliphatic heterocycles. The normalized spacial score (nSPS) is 24.8. The molecule has 0 bridgehead atoms. The van der Waals surface area contributed by atoms with Gasteiger partial charge in [0.05, 0.1) is 31.8 Å². The van der Waals surface area contributed by atoms with Gasteiger partial charge >= 0.3 is 6.18 Å². The highest BCUT2D eigenvalue weighted by Crippen LogP contribution is 2.51. The highest BCUT2D eigenvalue weighted by Gasteiger charge is 2.56. The van der Waals surface area contributed by atoms with Gasteiger partial charge in [0.25, 0.3) is 5.56 Å². The van der Waals surface area contributed by atoms with Crippen LogP contribution in [0.1, 0.15) is 45.4 Å². The number of aromatic nitrogens is 4. The summed E-state index contributed by atoms with van der Waals surface area (Å²) in [5, 5.41) is 12.2. The van der Waals surface area contributed by atoms with Crippen LogP contribution < -0.4 is 10.5 Å². The van der Waals surface area contributed by atoms with E-state index in [-0.39, 0.29) is 42.6 Å². The molecule has 5 rings (SSSR count). The molecule has 2 saturated heterocycles. The molecule has 2 atom stereocenters. The number of morpholine rings is 1. The van der Waals surface area contributed by atoms with Crippen molar-refractivity contribution in [2.24, 2.45) is 11.3 Å². The molecular formula is C25H33F3N6O4. The third kappa shape index (κ3) is 5.09. The van der Waals surface area contributed by atoms with Gasteiger partial charge in [-0.25, -0.2) is 9.97 Å². The quantitative estimate of drug-likeness (QED) is 0.616. The average Bonchev–Trinajstić information content (AvgIpc) is 3.36. The number of ether oxygens (including phenoxy) is 1. The minimum Gasteiger partial charge on any atom is -0.387 e. The van der Waals surface area contributed by atoms with Crippen LogP contribution in [0.25, 0.3) is 11.0 Å². The molecule has 0 radical (unpaired) electrons. The van der Waals surface area contributed by atoms with Crippen molar-refractivity contribution < 1.29 is 27.8 Å². The molecule has 0 aromatic carbocycles. The van der Waals surface area contributed by atoms with Crippen LogP contribution in [0, 0.1) is 11.3 Å². The molecule has 1 aliphatic carbocycles. The lowest BCUT2D eigenvalue weighted by Crippen LogP contribution is -2.62. The lowest BCUT2D eigenvalue weighted by molar-refractivity contribution is -0.172. The Labute approximate surface area is 217 Å². The van der Waals surface area contributed by atoms with Gasteiger partial charge in [-0.15, -0.1) is 0 Å². The number of fused-ring (bicyclic) bond motifs is 1. The van der Waals surface area contributed by atoms with E-state index in [1.807, 2.05) is 4.90 Å². The maximum absolute atomic E-state index is 13.4. The molecule has 4 heterocycles. The number of rotatable bonds is 5. The van der Waals surface area contributed by atoms with Crippen molar-refractivity contribution in [3.05, 3.63) is 22.9 Å². The van der Waals surface area contributed by atoms with Crippen molar-refractivity contribution in [1.82, 2.24) is 24.4 Å². The third-order valence-corrected chi connectivity index (χ3v) is 8.40. The molecule has 13 heteroatoms. The molecule has 208 valence electrons. The molecule has 10 nitrogen and oxygen atoms in total. The molecule has 1 amide bonds. The Morgan fingerprint density at radius 2 is 1.87 bits per heavy atom. The molecule has 2 aromatic heterocycles. The fourth-order valence-corrected chi connectivity index (χ4v) is 6.29.